The first kappa shape index (κ1) is 20.2. The second-order valence-electron chi connectivity index (χ2n) is 8.45. The lowest BCUT2D eigenvalue weighted by atomic mass is 10.1. The van der Waals surface area contributed by atoms with Gasteiger partial charge in [-0.15, -0.1) is 5.10 Å². The minimum absolute atomic E-state index is 0.101. The van der Waals surface area contributed by atoms with Crippen LogP contribution in [0.5, 0.6) is 0 Å². The molecule has 2 aromatic carbocycles. The van der Waals surface area contributed by atoms with Gasteiger partial charge in [0.25, 0.3) is 5.56 Å². The Morgan fingerprint density at radius 2 is 1.69 bits per heavy atom. The molecule has 2 aromatic heterocycles. The van der Waals surface area contributed by atoms with Crippen LogP contribution >= 0.6 is 0 Å². The number of fused-ring (bicyclic) bond motifs is 2. The number of aromatic nitrogens is 4. The van der Waals surface area contributed by atoms with E-state index in [-0.39, 0.29) is 18.0 Å². The molecular weight excluding hydrogens is 402 g/mol. The Morgan fingerprint density at radius 3 is 2.41 bits per heavy atom. The minimum Gasteiger partial charge on any atom is -0.350 e. The summed E-state index contributed by atoms with van der Waals surface area (Å²) in [6.45, 7) is 4.61. The van der Waals surface area contributed by atoms with E-state index in [1.807, 2.05) is 66.9 Å². The van der Waals surface area contributed by atoms with Crippen LogP contribution in [-0.2, 0) is 30.7 Å². The van der Waals surface area contributed by atoms with Gasteiger partial charge in [0.15, 0.2) is 5.82 Å². The van der Waals surface area contributed by atoms with Gasteiger partial charge in [-0.25, -0.2) is 0 Å². The van der Waals surface area contributed by atoms with E-state index in [2.05, 4.69) is 15.4 Å². The zero-order chi connectivity index (χ0) is 22.2. The molecule has 0 radical (unpaired) electrons. The van der Waals surface area contributed by atoms with Crippen molar-refractivity contribution in [2.45, 2.75) is 46.2 Å². The zero-order valence-electron chi connectivity index (χ0n) is 18.3. The molecule has 1 aliphatic rings. The maximum Gasteiger partial charge on any atom is 0.279 e. The Bertz CT molecular complexity index is 1360. The molecule has 1 amide bonds. The normalized spacial score (nSPS) is 12.8. The Labute approximate surface area is 185 Å². The van der Waals surface area contributed by atoms with Crippen LogP contribution < -0.4 is 10.9 Å². The molecule has 0 saturated heterocycles. The fourth-order valence-electron chi connectivity index (χ4n) is 4.22. The van der Waals surface area contributed by atoms with Gasteiger partial charge in [-0.1, -0.05) is 59.7 Å². The lowest BCUT2D eigenvalue weighted by Crippen LogP contribution is -2.31. The van der Waals surface area contributed by atoms with Crippen molar-refractivity contribution in [3.8, 4) is 11.4 Å². The van der Waals surface area contributed by atoms with Crippen molar-refractivity contribution in [2.75, 3.05) is 0 Å². The largest absolute Gasteiger partial charge is 0.350 e. The van der Waals surface area contributed by atoms with E-state index >= 15 is 0 Å². The van der Waals surface area contributed by atoms with E-state index in [9.17, 15) is 9.59 Å². The molecule has 1 N–H and O–H groups in total. The van der Waals surface area contributed by atoms with Crippen LogP contribution in [-0.4, -0.2) is 25.1 Å². The molecule has 7 nitrogen and oxygen atoms in total. The SMILES string of the molecule is Cc1ccc(CNC(=O)Cn2c3c(c(=O)n4nc(-c5ccc(C)cc5)nc24)CCC3)cc1. The fourth-order valence-corrected chi connectivity index (χ4v) is 4.22. The number of rotatable bonds is 5. The topological polar surface area (TPSA) is 81.3 Å². The van der Waals surface area contributed by atoms with Crippen LogP contribution in [0.4, 0.5) is 0 Å². The number of carbonyl (C=O) groups is 1. The summed E-state index contributed by atoms with van der Waals surface area (Å²) in [7, 11) is 0. The standard InChI is InChI=1S/C25H25N5O2/c1-16-6-10-18(11-7-16)14-26-22(31)15-29-21-5-3-4-20(21)24(32)30-25(29)27-23(28-30)19-12-8-17(2)9-13-19/h6-13H,3-5,14-15H2,1-2H3,(H,26,31). The average molecular weight is 428 g/mol. The van der Waals surface area contributed by atoms with Gasteiger partial charge in [-0.2, -0.15) is 9.50 Å². The molecule has 162 valence electrons. The molecule has 0 fully saturated rings. The number of carbonyl (C=O) groups excluding carboxylic acids is 1. The van der Waals surface area contributed by atoms with Crippen molar-refractivity contribution < 1.29 is 4.79 Å². The van der Waals surface area contributed by atoms with Gasteiger partial charge in [-0.3, -0.25) is 9.59 Å². The summed E-state index contributed by atoms with van der Waals surface area (Å²) in [4.78, 5) is 30.5. The molecule has 0 atom stereocenters. The van der Waals surface area contributed by atoms with Crippen molar-refractivity contribution in [1.29, 1.82) is 0 Å². The Balaban J connectivity index is 1.49. The molecule has 0 unspecified atom stereocenters. The molecule has 0 aliphatic heterocycles. The molecule has 7 heteroatoms. The van der Waals surface area contributed by atoms with Gasteiger partial charge in [0.1, 0.15) is 6.54 Å². The summed E-state index contributed by atoms with van der Waals surface area (Å²) in [6.07, 6.45) is 2.36. The van der Waals surface area contributed by atoms with Gasteiger partial charge in [0.2, 0.25) is 11.7 Å². The number of hydrogen-bond donors (Lipinski definition) is 1. The van der Waals surface area contributed by atoms with E-state index in [0.29, 0.717) is 24.6 Å². The zero-order valence-corrected chi connectivity index (χ0v) is 18.3. The second-order valence-corrected chi connectivity index (χ2v) is 8.45. The lowest BCUT2D eigenvalue weighted by Gasteiger charge is -2.14. The minimum atomic E-state index is -0.130. The Morgan fingerprint density at radius 1 is 1.00 bits per heavy atom. The van der Waals surface area contributed by atoms with Crippen LogP contribution in [0.1, 0.15) is 34.4 Å². The molecule has 2 heterocycles. The van der Waals surface area contributed by atoms with Crippen molar-refractivity contribution in [3.63, 3.8) is 0 Å². The summed E-state index contributed by atoms with van der Waals surface area (Å²) < 4.78 is 3.21. The summed E-state index contributed by atoms with van der Waals surface area (Å²) in [5.41, 5.74) is 5.72. The highest BCUT2D eigenvalue weighted by molar-refractivity contribution is 5.76. The van der Waals surface area contributed by atoms with Crippen LogP contribution in [0.25, 0.3) is 17.2 Å². The van der Waals surface area contributed by atoms with Gasteiger partial charge in [-0.05, 0) is 38.7 Å². The van der Waals surface area contributed by atoms with Crippen LogP contribution in [0.3, 0.4) is 0 Å². The predicted octanol–water partition coefficient (Wildman–Crippen LogP) is 2.98. The monoisotopic (exact) mass is 427 g/mol. The smallest absolute Gasteiger partial charge is 0.279 e. The van der Waals surface area contributed by atoms with Crippen LogP contribution in [0.2, 0.25) is 0 Å². The number of nitrogens with zero attached hydrogens (tertiary/aromatic N) is 4. The number of aryl methyl sites for hydroxylation is 2. The third kappa shape index (κ3) is 3.70. The van der Waals surface area contributed by atoms with E-state index < -0.39 is 0 Å². The van der Waals surface area contributed by atoms with E-state index in [4.69, 9.17) is 0 Å². The fraction of sp³-hybridized carbons (Fsp3) is 0.280. The van der Waals surface area contributed by atoms with Crippen LogP contribution in [0, 0.1) is 13.8 Å². The lowest BCUT2D eigenvalue weighted by molar-refractivity contribution is -0.121. The van der Waals surface area contributed by atoms with Gasteiger partial charge in [0, 0.05) is 23.4 Å². The first-order valence-corrected chi connectivity index (χ1v) is 10.9. The van der Waals surface area contributed by atoms with Gasteiger partial charge >= 0.3 is 0 Å². The van der Waals surface area contributed by atoms with Gasteiger partial charge in [0.05, 0.1) is 0 Å². The Hall–Kier alpha value is -3.74. The average Bonchev–Trinajstić information content (AvgIpc) is 3.45. The molecule has 0 bridgehead atoms. The van der Waals surface area contributed by atoms with E-state index in [1.165, 1.54) is 10.1 Å². The van der Waals surface area contributed by atoms with Gasteiger partial charge < -0.3 is 9.88 Å². The third-order valence-electron chi connectivity index (χ3n) is 6.02. The van der Waals surface area contributed by atoms with E-state index in [0.717, 1.165) is 40.8 Å². The number of nitrogens with one attached hydrogen (secondary N) is 1. The van der Waals surface area contributed by atoms with Crippen molar-refractivity contribution in [2.24, 2.45) is 0 Å². The Kier molecular flexibility index (Phi) is 5.09. The number of amides is 1. The first-order chi connectivity index (χ1) is 15.5. The summed E-state index contributed by atoms with van der Waals surface area (Å²) in [5, 5.41) is 7.49. The highest BCUT2D eigenvalue weighted by Gasteiger charge is 2.25. The quantitative estimate of drug-likeness (QED) is 0.531. The highest BCUT2D eigenvalue weighted by Crippen LogP contribution is 2.22. The van der Waals surface area contributed by atoms with Crippen molar-refractivity contribution in [1.82, 2.24) is 24.5 Å². The molecule has 5 rings (SSSR count). The highest BCUT2D eigenvalue weighted by atomic mass is 16.2. The molecular formula is C25H25N5O2. The maximum atomic E-state index is 13.0. The molecule has 4 aromatic rings. The molecule has 0 saturated carbocycles. The molecule has 1 aliphatic carbocycles. The summed E-state index contributed by atoms with van der Waals surface area (Å²) in [6, 6.07) is 16.0. The first-order valence-electron chi connectivity index (χ1n) is 10.9. The third-order valence-corrected chi connectivity index (χ3v) is 6.02. The summed E-state index contributed by atoms with van der Waals surface area (Å²) >= 11 is 0. The van der Waals surface area contributed by atoms with Crippen molar-refractivity contribution >= 4 is 11.7 Å². The van der Waals surface area contributed by atoms with Crippen LogP contribution in [0.15, 0.2) is 53.3 Å². The number of hydrogen-bond acceptors (Lipinski definition) is 4. The number of benzene rings is 2. The maximum absolute atomic E-state index is 13.0. The van der Waals surface area contributed by atoms with E-state index in [1.54, 1.807) is 0 Å². The molecule has 0 spiro atoms. The van der Waals surface area contributed by atoms with Crippen molar-refractivity contribution in [3.05, 3.63) is 86.8 Å². The predicted molar refractivity (Wildman–Crippen MR) is 122 cm³/mol. The molecule has 32 heavy (non-hydrogen) atoms. The summed E-state index contributed by atoms with van der Waals surface area (Å²) in [5.74, 6) is 0.779. The second kappa shape index (κ2) is 8.07.